The fourth-order valence-corrected chi connectivity index (χ4v) is 4.12. The molecule has 3 rings (SSSR count). The van der Waals surface area contributed by atoms with E-state index in [1.807, 2.05) is 18.2 Å². The number of nitrogens with one attached hydrogen (secondary N) is 1. The zero-order valence-corrected chi connectivity index (χ0v) is 18.1. The summed E-state index contributed by atoms with van der Waals surface area (Å²) in [6.45, 7) is 6.49. The van der Waals surface area contributed by atoms with E-state index in [9.17, 15) is 5.11 Å². The number of likely N-dealkylation sites (tertiary alicyclic amines) is 1. The number of ether oxygens (including phenoxy) is 2. The molecule has 1 aromatic rings. The van der Waals surface area contributed by atoms with E-state index in [0.29, 0.717) is 17.2 Å². The van der Waals surface area contributed by atoms with Gasteiger partial charge in [0.25, 0.3) is 0 Å². The van der Waals surface area contributed by atoms with Crippen LogP contribution in [0, 0.1) is 0 Å². The number of aliphatic hydroxyl groups excluding tert-OH is 1. The first-order valence-electron chi connectivity index (χ1n) is 10.9. The average Bonchev–Trinajstić information content (AvgIpc) is 2.76. The number of benzene rings is 1. The molecule has 2 saturated heterocycles. The van der Waals surface area contributed by atoms with Crippen molar-refractivity contribution in [1.82, 2.24) is 10.2 Å². The minimum Gasteiger partial charge on any atom is -0.386 e. The Morgan fingerprint density at radius 3 is 2.79 bits per heavy atom. The first-order chi connectivity index (χ1) is 14.2. The maximum Gasteiger partial charge on any atom is 0.194 e. The maximum absolute atomic E-state index is 10.5. The van der Waals surface area contributed by atoms with E-state index in [1.54, 1.807) is 6.07 Å². The molecule has 7 heteroatoms. The third-order valence-electron chi connectivity index (χ3n) is 5.55. The van der Waals surface area contributed by atoms with E-state index < -0.39 is 6.10 Å². The van der Waals surface area contributed by atoms with Crippen molar-refractivity contribution in [2.75, 3.05) is 39.4 Å². The zero-order valence-electron chi connectivity index (χ0n) is 17.4. The van der Waals surface area contributed by atoms with Crippen molar-refractivity contribution in [1.29, 1.82) is 0 Å². The third-order valence-corrected chi connectivity index (χ3v) is 5.89. The van der Waals surface area contributed by atoms with Crippen LogP contribution in [0.15, 0.2) is 29.3 Å². The molecule has 1 aromatic carbocycles. The highest BCUT2D eigenvalue weighted by molar-refractivity contribution is 6.31. The second kappa shape index (κ2) is 11.7. The molecular weight excluding hydrogens is 390 g/mol. The Bertz CT molecular complexity index is 644. The molecule has 0 saturated carbocycles. The third kappa shape index (κ3) is 6.85. The van der Waals surface area contributed by atoms with Crippen molar-refractivity contribution in [3.8, 4) is 0 Å². The van der Waals surface area contributed by atoms with Crippen molar-refractivity contribution in [2.24, 2.45) is 4.99 Å². The van der Waals surface area contributed by atoms with Crippen LogP contribution >= 0.6 is 11.6 Å². The van der Waals surface area contributed by atoms with Crippen LogP contribution in [-0.2, 0) is 9.47 Å². The monoisotopic (exact) mass is 423 g/mol. The van der Waals surface area contributed by atoms with E-state index in [2.05, 4.69) is 22.1 Å². The van der Waals surface area contributed by atoms with Crippen molar-refractivity contribution in [3.63, 3.8) is 0 Å². The molecule has 6 nitrogen and oxygen atoms in total. The lowest BCUT2D eigenvalue weighted by Crippen LogP contribution is -2.47. The molecule has 0 amide bonds. The topological polar surface area (TPSA) is 66.3 Å². The minimum absolute atomic E-state index is 0.270. The molecule has 2 aliphatic rings. The summed E-state index contributed by atoms with van der Waals surface area (Å²) in [5.41, 5.74) is 0.714. The Morgan fingerprint density at radius 1 is 1.31 bits per heavy atom. The first kappa shape index (κ1) is 22.3. The van der Waals surface area contributed by atoms with Crippen LogP contribution in [0.4, 0.5) is 0 Å². The summed E-state index contributed by atoms with van der Waals surface area (Å²) in [7, 11) is 0. The maximum atomic E-state index is 10.5. The second-order valence-electron chi connectivity index (χ2n) is 7.74. The van der Waals surface area contributed by atoms with Crippen molar-refractivity contribution < 1.29 is 14.6 Å². The molecule has 0 aromatic heterocycles. The predicted molar refractivity (Wildman–Crippen MR) is 117 cm³/mol. The second-order valence-corrected chi connectivity index (χ2v) is 8.15. The largest absolute Gasteiger partial charge is 0.386 e. The minimum atomic E-state index is -0.714. The molecule has 0 spiro atoms. The number of rotatable bonds is 7. The Morgan fingerprint density at radius 2 is 2.10 bits per heavy atom. The van der Waals surface area contributed by atoms with Gasteiger partial charge < -0.3 is 24.8 Å². The number of aliphatic hydroxyl groups is 1. The van der Waals surface area contributed by atoms with E-state index >= 15 is 0 Å². The number of nitrogens with zero attached hydrogens (tertiary/aromatic N) is 2. The SMILES string of the molecule is CCNC(=NCC(O)c1ccccc1Cl)N1CCC(OCC2CCCCO2)CC1. The average molecular weight is 424 g/mol. The van der Waals surface area contributed by atoms with Gasteiger partial charge in [0.1, 0.15) is 6.10 Å². The Kier molecular flexibility index (Phi) is 9.05. The van der Waals surface area contributed by atoms with Crippen LogP contribution in [-0.4, -0.2) is 67.6 Å². The molecule has 2 unspecified atom stereocenters. The summed E-state index contributed by atoms with van der Waals surface area (Å²) in [4.78, 5) is 6.91. The smallest absolute Gasteiger partial charge is 0.194 e. The van der Waals surface area contributed by atoms with Gasteiger partial charge in [-0.3, -0.25) is 4.99 Å². The summed E-state index contributed by atoms with van der Waals surface area (Å²) < 4.78 is 11.9. The van der Waals surface area contributed by atoms with Gasteiger partial charge in [0.15, 0.2) is 5.96 Å². The molecule has 2 atom stereocenters. The molecule has 2 aliphatic heterocycles. The van der Waals surface area contributed by atoms with Gasteiger partial charge in [0, 0.05) is 36.8 Å². The molecule has 29 heavy (non-hydrogen) atoms. The lowest BCUT2D eigenvalue weighted by molar-refractivity contribution is -0.0721. The fraction of sp³-hybridized carbons (Fsp3) is 0.682. The number of halogens is 1. The van der Waals surface area contributed by atoms with Crippen LogP contribution in [0.5, 0.6) is 0 Å². The highest BCUT2D eigenvalue weighted by Gasteiger charge is 2.24. The van der Waals surface area contributed by atoms with E-state index in [4.69, 9.17) is 21.1 Å². The van der Waals surface area contributed by atoms with Gasteiger partial charge in [-0.25, -0.2) is 0 Å². The van der Waals surface area contributed by atoms with Gasteiger partial charge in [-0.05, 0) is 45.1 Å². The summed E-state index contributed by atoms with van der Waals surface area (Å²) in [5.74, 6) is 0.840. The van der Waals surface area contributed by atoms with Crippen LogP contribution < -0.4 is 5.32 Å². The van der Waals surface area contributed by atoms with Gasteiger partial charge in [-0.1, -0.05) is 29.8 Å². The van der Waals surface area contributed by atoms with Crippen LogP contribution in [0.2, 0.25) is 5.02 Å². The summed E-state index contributed by atoms with van der Waals surface area (Å²) >= 11 is 6.19. The lowest BCUT2D eigenvalue weighted by Gasteiger charge is -2.35. The highest BCUT2D eigenvalue weighted by atomic mass is 35.5. The molecule has 2 fully saturated rings. The van der Waals surface area contributed by atoms with Gasteiger partial charge in [0.05, 0.1) is 25.4 Å². The zero-order chi connectivity index (χ0) is 20.5. The summed E-state index contributed by atoms with van der Waals surface area (Å²) in [5, 5.41) is 14.4. The van der Waals surface area contributed by atoms with E-state index in [-0.39, 0.29) is 18.8 Å². The van der Waals surface area contributed by atoms with Crippen molar-refractivity contribution in [2.45, 2.75) is 57.3 Å². The van der Waals surface area contributed by atoms with Gasteiger partial charge in [0.2, 0.25) is 0 Å². The molecular formula is C22H34ClN3O3. The van der Waals surface area contributed by atoms with Gasteiger partial charge in [-0.15, -0.1) is 0 Å². The van der Waals surface area contributed by atoms with Crippen molar-refractivity contribution in [3.05, 3.63) is 34.9 Å². The Labute approximate surface area is 179 Å². The van der Waals surface area contributed by atoms with Gasteiger partial charge in [-0.2, -0.15) is 0 Å². The quantitative estimate of drug-likeness (QED) is 0.519. The molecule has 2 heterocycles. The van der Waals surface area contributed by atoms with E-state index in [1.165, 1.54) is 12.8 Å². The van der Waals surface area contributed by atoms with E-state index in [0.717, 1.165) is 51.5 Å². The predicted octanol–water partition coefficient (Wildman–Crippen LogP) is 3.39. The number of hydrogen-bond acceptors (Lipinski definition) is 4. The molecule has 0 radical (unpaired) electrons. The summed E-state index contributed by atoms with van der Waals surface area (Å²) in [6.07, 6.45) is 5.33. The normalized spacial score (nSPS) is 22.5. The number of hydrogen-bond donors (Lipinski definition) is 2. The Hall–Kier alpha value is -1.34. The standard InChI is InChI=1S/C22H34ClN3O3/c1-2-24-22(25-15-21(27)19-8-3-4-9-20(19)23)26-12-10-17(11-13-26)29-16-18-7-5-6-14-28-18/h3-4,8-9,17-18,21,27H,2,5-7,10-16H2,1H3,(H,24,25). The Balaban J connectivity index is 1.48. The number of aliphatic imine (C=N–C) groups is 1. The molecule has 0 bridgehead atoms. The van der Waals surface area contributed by atoms with Crippen LogP contribution in [0.1, 0.15) is 50.7 Å². The van der Waals surface area contributed by atoms with Crippen molar-refractivity contribution >= 4 is 17.6 Å². The molecule has 2 N–H and O–H groups in total. The first-order valence-corrected chi connectivity index (χ1v) is 11.2. The summed E-state index contributed by atoms with van der Waals surface area (Å²) in [6, 6.07) is 7.37. The van der Waals surface area contributed by atoms with Crippen LogP contribution in [0.3, 0.4) is 0 Å². The molecule has 0 aliphatic carbocycles. The van der Waals surface area contributed by atoms with Gasteiger partial charge >= 0.3 is 0 Å². The number of guanidine groups is 1. The fourth-order valence-electron chi connectivity index (χ4n) is 3.86. The lowest BCUT2D eigenvalue weighted by atomic mass is 10.1. The number of piperidine rings is 1. The molecule has 162 valence electrons. The highest BCUT2D eigenvalue weighted by Crippen LogP contribution is 2.23. The van der Waals surface area contributed by atoms with Crippen LogP contribution in [0.25, 0.3) is 0 Å².